The van der Waals surface area contributed by atoms with E-state index in [0.29, 0.717) is 5.02 Å². The van der Waals surface area contributed by atoms with Gasteiger partial charge in [0.05, 0.1) is 0 Å². The summed E-state index contributed by atoms with van der Waals surface area (Å²) < 4.78 is 10.3. The Morgan fingerprint density at radius 3 is 2.61 bits per heavy atom. The van der Waals surface area contributed by atoms with E-state index in [4.69, 9.17) is 11.6 Å². The zero-order valence-electron chi connectivity index (χ0n) is 9.80. The van der Waals surface area contributed by atoms with Crippen molar-refractivity contribution in [3.63, 3.8) is 0 Å². The molecule has 2 rings (SSSR count). The largest absolute Gasteiger partial charge is 0.621 e. The fraction of sp³-hybridized carbons (Fsp3) is 0.154. The van der Waals surface area contributed by atoms with Gasteiger partial charge in [-0.1, -0.05) is 23.7 Å². The number of hydrogen-bond donors (Lipinski definition) is 0. The molecule has 0 saturated heterocycles. The van der Waals surface area contributed by atoms with Gasteiger partial charge in [0, 0.05) is 16.7 Å². The van der Waals surface area contributed by atoms with Crippen LogP contribution in [0.4, 0.5) is 0 Å². The summed E-state index contributed by atoms with van der Waals surface area (Å²) >= 11 is 6.05. The van der Waals surface area contributed by atoms with Crippen LogP contribution in [0.1, 0.15) is 12.5 Å². The summed E-state index contributed by atoms with van der Waals surface area (Å²) in [5.74, 6) is 0. The Balaban J connectivity index is 2.30. The van der Waals surface area contributed by atoms with E-state index in [0.717, 1.165) is 11.1 Å². The molecule has 94 valence electrons. The molecule has 1 heterocycles. The second-order valence-corrected chi connectivity index (χ2v) is 5.23. The van der Waals surface area contributed by atoms with E-state index in [9.17, 15) is 9.42 Å². The van der Waals surface area contributed by atoms with Crippen LogP contribution < -0.4 is 0 Å². The number of quaternary nitrogens is 1. The van der Waals surface area contributed by atoms with E-state index in [-0.39, 0.29) is 22.8 Å². The van der Waals surface area contributed by atoms with Crippen LogP contribution in [0.2, 0.25) is 5.02 Å². The fourth-order valence-electron chi connectivity index (χ4n) is 1.74. The smallest absolute Gasteiger partial charge is 0.232 e. The first kappa shape index (κ1) is 13.2. The molecule has 0 aromatic heterocycles. The molecule has 0 radical (unpaired) electrons. The number of halogens is 1. The van der Waals surface area contributed by atoms with Gasteiger partial charge >= 0.3 is 0 Å². The zero-order valence-corrected chi connectivity index (χ0v) is 11.4. The van der Waals surface area contributed by atoms with Crippen molar-refractivity contribution in [1.29, 1.82) is 0 Å². The Bertz CT molecular complexity index is 573. The van der Waals surface area contributed by atoms with Crippen molar-refractivity contribution in [3.05, 3.63) is 64.0 Å². The Hall–Kier alpha value is -1.20. The molecule has 0 fully saturated rings. The van der Waals surface area contributed by atoms with Gasteiger partial charge in [-0.15, -0.1) is 0 Å². The molecule has 1 aliphatic rings. The molecule has 1 aromatic carbocycles. The first-order valence-electron chi connectivity index (χ1n) is 5.41. The van der Waals surface area contributed by atoms with E-state index in [1.807, 2.05) is 6.92 Å². The molecular formula is C13H12ClNO2S. The van der Waals surface area contributed by atoms with Crippen LogP contribution in [0.25, 0.3) is 0 Å². The van der Waals surface area contributed by atoms with Gasteiger partial charge < -0.3 is 5.21 Å². The third kappa shape index (κ3) is 2.79. The highest BCUT2D eigenvalue weighted by atomic mass is 35.5. The molecule has 0 amide bonds. The third-order valence-corrected chi connectivity index (χ3v) is 3.57. The average molecular weight is 282 g/mol. The van der Waals surface area contributed by atoms with Crippen LogP contribution in [0, 0.1) is 5.21 Å². The van der Waals surface area contributed by atoms with Gasteiger partial charge in [0.2, 0.25) is 4.99 Å². The van der Waals surface area contributed by atoms with Gasteiger partial charge in [-0.3, -0.25) is 4.65 Å². The van der Waals surface area contributed by atoms with Gasteiger partial charge in [0.15, 0.2) is 11.3 Å². The SMILES string of the molecule is CC1=CC(=S=O)[N+]([O-])(Cc2ccc(Cl)cc2)C=C1. The summed E-state index contributed by atoms with van der Waals surface area (Å²) in [7, 11) is 0. The van der Waals surface area contributed by atoms with Gasteiger partial charge in [-0.05, 0) is 30.7 Å². The Kier molecular flexibility index (Phi) is 3.82. The number of rotatable bonds is 2. The van der Waals surface area contributed by atoms with Crippen LogP contribution in [0.3, 0.4) is 0 Å². The van der Waals surface area contributed by atoms with Crippen molar-refractivity contribution in [2.45, 2.75) is 13.5 Å². The summed E-state index contributed by atoms with van der Waals surface area (Å²) in [6, 6.07) is 7.07. The highest BCUT2D eigenvalue weighted by Gasteiger charge is 2.24. The van der Waals surface area contributed by atoms with Gasteiger partial charge in [0.1, 0.15) is 12.7 Å². The maximum atomic E-state index is 12.6. The highest BCUT2D eigenvalue weighted by Crippen LogP contribution is 2.22. The van der Waals surface area contributed by atoms with E-state index in [1.165, 1.54) is 6.20 Å². The zero-order chi connectivity index (χ0) is 13.2. The maximum absolute atomic E-state index is 12.6. The lowest BCUT2D eigenvalue weighted by molar-refractivity contribution is -0.744. The molecule has 1 aliphatic heterocycles. The predicted octanol–water partition coefficient (Wildman–Crippen LogP) is 2.97. The van der Waals surface area contributed by atoms with Gasteiger partial charge in [0.25, 0.3) is 0 Å². The van der Waals surface area contributed by atoms with Crippen LogP contribution >= 0.6 is 11.6 Å². The molecule has 1 aromatic rings. The lowest BCUT2D eigenvalue weighted by Crippen LogP contribution is -2.42. The molecular weight excluding hydrogens is 270 g/mol. The molecule has 0 bridgehead atoms. The van der Waals surface area contributed by atoms with Crippen LogP contribution in [0.5, 0.6) is 0 Å². The number of benzene rings is 1. The minimum absolute atomic E-state index is 0.196. The minimum atomic E-state index is -0.743. The van der Waals surface area contributed by atoms with Gasteiger partial charge in [-0.25, -0.2) is 4.21 Å². The van der Waals surface area contributed by atoms with E-state index in [1.54, 1.807) is 36.4 Å². The summed E-state index contributed by atoms with van der Waals surface area (Å²) in [5.41, 5.74) is 1.76. The molecule has 0 N–H and O–H groups in total. The van der Waals surface area contributed by atoms with Crippen molar-refractivity contribution in [3.8, 4) is 0 Å². The molecule has 18 heavy (non-hydrogen) atoms. The van der Waals surface area contributed by atoms with Crippen LogP contribution in [-0.2, 0) is 17.8 Å². The quantitative estimate of drug-likeness (QED) is 0.475. The first-order chi connectivity index (χ1) is 8.53. The molecule has 0 aliphatic carbocycles. The lowest BCUT2D eigenvalue weighted by Gasteiger charge is -2.38. The Morgan fingerprint density at radius 2 is 2.00 bits per heavy atom. The van der Waals surface area contributed by atoms with E-state index < -0.39 is 4.65 Å². The molecule has 5 heteroatoms. The third-order valence-electron chi connectivity index (χ3n) is 2.72. The molecule has 0 spiro atoms. The summed E-state index contributed by atoms with van der Waals surface area (Å²) in [6.07, 6.45) is 4.88. The predicted molar refractivity (Wildman–Crippen MR) is 74.8 cm³/mol. The lowest BCUT2D eigenvalue weighted by atomic mass is 10.1. The van der Waals surface area contributed by atoms with Crippen LogP contribution in [0.15, 0.2) is 48.2 Å². The molecule has 0 saturated carbocycles. The first-order valence-corrected chi connectivity index (χ1v) is 6.53. The fourth-order valence-corrected chi connectivity index (χ4v) is 2.35. The monoisotopic (exact) mass is 281 g/mol. The summed E-state index contributed by atoms with van der Waals surface area (Å²) in [4.78, 5) is 0.255. The Labute approximate surface area is 114 Å². The van der Waals surface area contributed by atoms with Crippen molar-refractivity contribution in [2.24, 2.45) is 0 Å². The topological polar surface area (TPSA) is 40.1 Å². The van der Waals surface area contributed by atoms with Crippen molar-refractivity contribution in [1.82, 2.24) is 0 Å². The average Bonchev–Trinajstić information content (AvgIpc) is 2.35. The number of nitrogens with zero attached hydrogens (tertiary/aromatic N) is 1. The van der Waals surface area contributed by atoms with Gasteiger partial charge in [-0.2, -0.15) is 0 Å². The van der Waals surface area contributed by atoms with E-state index in [2.05, 4.69) is 0 Å². The van der Waals surface area contributed by atoms with E-state index >= 15 is 0 Å². The minimum Gasteiger partial charge on any atom is -0.621 e. The molecule has 3 nitrogen and oxygen atoms in total. The highest BCUT2D eigenvalue weighted by molar-refractivity contribution is 7.66. The van der Waals surface area contributed by atoms with Crippen molar-refractivity contribution in [2.75, 3.05) is 0 Å². The maximum Gasteiger partial charge on any atom is 0.232 e. The van der Waals surface area contributed by atoms with Crippen molar-refractivity contribution < 1.29 is 8.86 Å². The molecule has 1 atom stereocenters. The standard InChI is InChI=1S/C13H12ClNO2S/c1-10-6-7-15(16,13(8-10)18-17)9-11-2-4-12(14)5-3-11/h2-8H,9H2,1H3. The second-order valence-electron chi connectivity index (χ2n) is 4.21. The van der Waals surface area contributed by atoms with Crippen molar-refractivity contribution >= 4 is 27.8 Å². The number of allylic oxidation sites excluding steroid dienone is 2. The normalized spacial score (nSPS) is 22.8. The second kappa shape index (κ2) is 5.20. The summed E-state index contributed by atoms with van der Waals surface area (Å²) in [6.45, 7) is 2.06. The Morgan fingerprint density at radius 1 is 1.33 bits per heavy atom. The number of hydrogen-bond acceptors (Lipinski definition) is 2. The summed E-state index contributed by atoms with van der Waals surface area (Å²) in [5, 5.41) is 13.2. The molecule has 1 unspecified atom stereocenters. The van der Waals surface area contributed by atoms with Crippen LogP contribution in [-0.4, -0.2) is 13.8 Å². The number of hydroxylamine groups is 3.